The van der Waals surface area contributed by atoms with E-state index in [0.717, 1.165) is 38.4 Å². The molecule has 1 saturated carbocycles. The van der Waals surface area contributed by atoms with Crippen LogP contribution in [0.25, 0.3) is 0 Å². The van der Waals surface area contributed by atoms with Crippen molar-refractivity contribution in [2.24, 2.45) is 11.8 Å². The summed E-state index contributed by atoms with van der Waals surface area (Å²) in [5.74, 6) is 1.39. The molecule has 17 heavy (non-hydrogen) atoms. The molecule has 1 rings (SSSR count). The highest BCUT2D eigenvalue weighted by atomic mass is 16.2. The van der Waals surface area contributed by atoms with Gasteiger partial charge in [-0.15, -0.1) is 0 Å². The molecule has 0 spiro atoms. The molecule has 1 aliphatic rings. The number of carbonyl (C=O) groups is 1. The lowest BCUT2D eigenvalue weighted by Crippen LogP contribution is -2.34. The summed E-state index contributed by atoms with van der Waals surface area (Å²) >= 11 is 0. The summed E-state index contributed by atoms with van der Waals surface area (Å²) in [5, 5.41) is 6.42. The summed E-state index contributed by atoms with van der Waals surface area (Å²) < 4.78 is 0. The number of amides is 1. The molecule has 0 aromatic carbocycles. The zero-order valence-corrected chi connectivity index (χ0v) is 11.4. The van der Waals surface area contributed by atoms with Crippen molar-refractivity contribution in [3.8, 4) is 0 Å². The highest BCUT2D eigenvalue weighted by molar-refractivity contribution is 5.80. The van der Waals surface area contributed by atoms with Crippen molar-refractivity contribution in [3.05, 3.63) is 0 Å². The molecule has 1 fully saturated rings. The zero-order valence-electron chi connectivity index (χ0n) is 11.4. The summed E-state index contributed by atoms with van der Waals surface area (Å²) in [6.45, 7) is 7.28. The van der Waals surface area contributed by atoms with E-state index in [9.17, 15) is 4.79 Å². The highest BCUT2D eigenvalue weighted by Gasteiger charge is 2.28. The minimum Gasteiger partial charge on any atom is -0.355 e. The number of nitrogens with one attached hydrogen (secondary N) is 2. The van der Waals surface area contributed by atoms with E-state index < -0.39 is 0 Å². The normalized spacial score (nSPS) is 16.8. The van der Waals surface area contributed by atoms with Crippen molar-refractivity contribution in [2.45, 2.75) is 52.4 Å². The third kappa shape index (κ3) is 6.67. The number of unbranched alkanes of at least 4 members (excludes halogenated alkanes) is 1. The molecular formula is C14H28N2O. The molecular weight excluding hydrogens is 212 g/mol. The Morgan fingerprint density at radius 2 is 2.06 bits per heavy atom. The first-order valence-corrected chi connectivity index (χ1v) is 7.26. The van der Waals surface area contributed by atoms with Crippen LogP contribution in [0.3, 0.4) is 0 Å². The maximum atomic E-state index is 11.4. The number of hydrogen-bond acceptors (Lipinski definition) is 2. The smallest absolute Gasteiger partial charge is 0.223 e. The Kier molecular flexibility index (Phi) is 7.25. The third-order valence-corrected chi connectivity index (χ3v) is 3.53. The molecule has 3 heteroatoms. The van der Waals surface area contributed by atoms with E-state index in [1.165, 1.54) is 25.7 Å². The van der Waals surface area contributed by atoms with E-state index in [4.69, 9.17) is 0 Å². The molecule has 1 atom stereocenters. The van der Waals surface area contributed by atoms with E-state index in [0.29, 0.717) is 5.92 Å². The Bertz CT molecular complexity index is 214. The van der Waals surface area contributed by atoms with Gasteiger partial charge in [-0.3, -0.25) is 4.79 Å². The van der Waals surface area contributed by atoms with E-state index in [-0.39, 0.29) is 5.91 Å². The van der Waals surface area contributed by atoms with Gasteiger partial charge in [0.15, 0.2) is 0 Å². The molecule has 100 valence electrons. The second kappa shape index (κ2) is 8.51. The van der Waals surface area contributed by atoms with E-state index in [1.807, 2.05) is 0 Å². The standard InChI is InChI=1S/C14H28N2O/c1-3-5-6-12(4-2)11-15-9-10-16-14(17)13-7-8-13/h12-13,15H,3-11H2,1-2H3,(H,16,17). The van der Waals surface area contributed by atoms with Gasteiger partial charge in [0.05, 0.1) is 0 Å². The predicted octanol–water partition coefficient (Wildman–Crippen LogP) is 2.32. The predicted molar refractivity (Wildman–Crippen MR) is 71.9 cm³/mol. The lowest BCUT2D eigenvalue weighted by atomic mass is 9.99. The maximum Gasteiger partial charge on any atom is 0.223 e. The first-order valence-electron chi connectivity index (χ1n) is 7.26. The van der Waals surface area contributed by atoms with Gasteiger partial charge in [-0.2, -0.15) is 0 Å². The molecule has 1 aliphatic carbocycles. The number of hydrogen-bond donors (Lipinski definition) is 2. The number of rotatable bonds is 10. The molecule has 0 radical (unpaired) electrons. The fourth-order valence-corrected chi connectivity index (χ4v) is 2.01. The Hall–Kier alpha value is -0.570. The van der Waals surface area contributed by atoms with Gasteiger partial charge in [0.2, 0.25) is 5.91 Å². The minimum absolute atomic E-state index is 0.254. The average Bonchev–Trinajstić information content (AvgIpc) is 3.16. The van der Waals surface area contributed by atoms with Crippen LogP contribution in [0.4, 0.5) is 0 Å². The largest absolute Gasteiger partial charge is 0.355 e. The van der Waals surface area contributed by atoms with Crippen molar-refractivity contribution in [1.82, 2.24) is 10.6 Å². The van der Waals surface area contributed by atoms with Crippen LogP contribution in [0.1, 0.15) is 52.4 Å². The van der Waals surface area contributed by atoms with Gasteiger partial charge in [0, 0.05) is 19.0 Å². The lowest BCUT2D eigenvalue weighted by Gasteiger charge is -2.15. The zero-order chi connectivity index (χ0) is 12.5. The van der Waals surface area contributed by atoms with Gasteiger partial charge in [-0.05, 0) is 31.7 Å². The van der Waals surface area contributed by atoms with Gasteiger partial charge >= 0.3 is 0 Å². The van der Waals surface area contributed by atoms with E-state index >= 15 is 0 Å². The van der Waals surface area contributed by atoms with Crippen LogP contribution < -0.4 is 10.6 Å². The highest BCUT2D eigenvalue weighted by Crippen LogP contribution is 2.28. The summed E-state index contributed by atoms with van der Waals surface area (Å²) in [4.78, 5) is 11.4. The fraction of sp³-hybridized carbons (Fsp3) is 0.929. The Morgan fingerprint density at radius 1 is 1.29 bits per heavy atom. The molecule has 3 nitrogen and oxygen atoms in total. The van der Waals surface area contributed by atoms with E-state index in [2.05, 4.69) is 24.5 Å². The van der Waals surface area contributed by atoms with Crippen LogP contribution in [0.5, 0.6) is 0 Å². The fourth-order valence-electron chi connectivity index (χ4n) is 2.01. The Labute approximate surface area is 106 Å². The quantitative estimate of drug-likeness (QED) is 0.575. The van der Waals surface area contributed by atoms with Crippen LogP contribution in [0, 0.1) is 11.8 Å². The van der Waals surface area contributed by atoms with Crippen LogP contribution in [-0.2, 0) is 4.79 Å². The van der Waals surface area contributed by atoms with Gasteiger partial charge in [0.25, 0.3) is 0 Å². The number of carbonyl (C=O) groups excluding carboxylic acids is 1. The lowest BCUT2D eigenvalue weighted by molar-refractivity contribution is -0.122. The molecule has 1 unspecified atom stereocenters. The topological polar surface area (TPSA) is 41.1 Å². The average molecular weight is 240 g/mol. The molecule has 0 bridgehead atoms. The third-order valence-electron chi connectivity index (χ3n) is 3.53. The SMILES string of the molecule is CCCCC(CC)CNCCNC(=O)C1CC1. The molecule has 0 aromatic heterocycles. The molecule has 0 aliphatic heterocycles. The maximum absolute atomic E-state index is 11.4. The van der Waals surface area contributed by atoms with Crippen molar-refractivity contribution >= 4 is 5.91 Å². The summed E-state index contributed by atoms with van der Waals surface area (Å²) in [7, 11) is 0. The summed E-state index contributed by atoms with van der Waals surface area (Å²) in [5.41, 5.74) is 0. The monoisotopic (exact) mass is 240 g/mol. The molecule has 2 N–H and O–H groups in total. The van der Waals surface area contributed by atoms with Gasteiger partial charge in [-0.1, -0.05) is 33.1 Å². The molecule has 1 amide bonds. The molecule has 0 heterocycles. The Morgan fingerprint density at radius 3 is 2.65 bits per heavy atom. The second-order valence-electron chi connectivity index (χ2n) is 5.19. The summed E-state index contributed by atoms with van der Waals surface area (Å²) in [6.07, 6.45) is 7.38. The van der Waals surface area contributed by atoms with Crippen molar-refractivity contribution in [3.63, 3.8) is 0 Å². The van der Waals surface area contributed by atoms with Crippen LogP contribution in [0.2, 0.25) is 0 Å². The second-order valence-corrected chi connectivity index (χ2v) is 5.19. The van der Waals surface area contributed by atoms with Gasteiger partial charge in [-0.25, -0.2) is 0 Å². The van der Waals surface area contributed by atoms with E-state index in [1.54, 1.807) is 0 Å². The van der Waals surface area contributed by atoms with Crippen LogP contribution >= 0.6 is 0 Å². The van der Waals surface area contributed by atoms with Gasteiger partial charge < -0.3 is 10.6 Å². The van der Waals surface area contributed by atoms with Crippen molar-refractivity contribution in [1.29, 1.82) is 0 Å². The Balaban J connectivity index is 1.92. The summed E-state index contributed by atoms with van der Waals surface area (Å²) in [6, 6.07) is 0. The van der Waals surface area contributed by atoms with Crippen molar-refractivity contribution in [2.75, 3.05) is 19.6 Å². The minimum atomic E-state index is 0.254. The first-order chi connectivity index (χ1) is 8.27. The first kappa shape index (κ1) is 14.5. The van der Waals surface area contributed by atoms with Crippen LogP contribution in [0.15, 0.2) is 0 Å². The van der Waals surface area contributed by atoms with Crippen LogP contribution in [-0.4, -0.2) is 25.5 Å². The van der Waals surface area contributed by atoms with Crippen molar-refractivity contribution < 1.29 is 4.79 Å². The molecule has 0 aromatic rings. The molecule has 0 saturated heterocycles. The van der Waals surface area contributed by atoms with Gasteiger partial charge in [0.1, 0.15) is 0 Å².